The molecule has 4 unspecified atom stereocenters. The van der Waals surface area contributed by atoms with Crippen molar-refractivity contribution in [1.82, 2.24) is 19.6 Å². The molecule has 0 spiro atoms. The van der Waals surface area contributed by atoms with E-state index in [1.165, 1.54) is 12.0 Å². The van der Waals surface area contributed by atoms with Crippen LogP contribution in [0.25, 0.3) is 0 Å². The Bertz CT molecular complexity index is 2030. The summed E-state index contributed by atoms with van der Waals surface area (Å²) in [7, 11) is 6.32. The summed E-state index contributed by atoms with van der Waals surface area (Å²) in [6.45, 7) is 21.2. The zero-order valence-electron chi connectivity index (χ0n) is 44.6. The zero-order valence-corrected chi connectivity index (χ0v) is 44.6. The minimum Gasteiger partial charge on any atom is -0.493 e. The molecule has 19 heteroatoms. The van der Waals surface area contributed by atoms with Crippen LogP contribution in [0.5, 0.6) is 23.0 Å². The number of aliphatic carboxylic acids is 1. The standard InChI is InChI=1S/C26H40N2O8.C26H42N2O7.CH4/c1-17(2)28(20-16-27(12-11-19(20)24(30)31)25(32)36-26(3,4)5)23(29)18-9-10-21(34-7)22(15-18)35-14-8-13-33-6;1-18(2)28(21-16-27(12-11-20(21)17-29)25(31)35-26(3,4)5)24(30)19-9-10-22(33-7)23(15-19)34-14-8-13-32-6;/h9-10,15,17,19-20H,8,11-14,16H2,1-7H3,(H,30,31);9-10,15,18,20-21,29H,8,11-14,16-17H2,1-7H3;1H4. The summed E-state index contributed by atoms with van der Waals surface area (Å²) in [6.07, 6.45) is 1.23. The Labute approximate surface area is 428 Å². The highest BCUT2D eigenvalue weighted by atomic mass is 16.6. The molecule has 0 saturated carbocycles. The largest absolute Gasteiger partial charge is 0.493 e. The van der Waals surface area contributed by atoms with E-state index in [2.05, 4.69) is 0 Å². The van der Waals surface area contributed by atoms with Gasteiger partial charge in [-0.3, -0.25) is 14.4 Å². The maximum atomic E-state index is 13.8. The van der Waals surface area contributed by atoms with E-state index < -0.39 is 41.3 Å². The summed E-state index contributed by atoms with van der Waals surface area (Å²) < 4.78 is 43.6. The molecular formula is C53H86N4O15. The Kier molecular flexibility index (Phi) is 25.4. The van der Waals surface area contributed by atoms with Gasteiger partial charge in [-0.25, -0.2) is 9.59 Å². The highest BCUT2D eigenvalue weighted by Gasteiger charge is 2.44. The van der Waals surface area contributed by atoms with Crippen molar-refractivity contribution < 1.29 is 72.1 Å². The van der Waals surface area contributed by atoms with Crippen LogP contribution in [0.4, 0.5) is 9.59 Å². The molecule has 4 atom stereocenters. The fourth-order valence-corrected chi connectivity index (χ4v) is 8.44. The minimum absolute atomic E-state index is 0. The number of benzene rings is 2. The number of piperidine rings is 2. The van der Waals surface area contributed by atoms with E-state index in [0.29, 0.717) is 92.9 Å². The van der Waals surface area contributed by atoms with Gasteiger partial charge in [0.05, 0.1) is 45.4 Å². The lowest BCUT2D eigenvalue weighted by atomic mass is 9.89. The molecule has 2 aliphatic heterocycles. The van der Waals surface area contributed by atoms with Crippen LogP contribution < -0.4 is 18.9 Å². The van der Waals surface area contributed by atoms with Crippen LogP contribution in [0.15, 0.2) is 36.4 Å². The minimum atomic E-state index is -1.00. The number of nitrogens with zero attached hydrogens (tertiary/aromatic N) is 4. The number of likely N-dealkylation sites (tertiary alicyclic amines) is 2. The molecule has 2 heterocycles. The summed E-state index contributed by atoms with van der Waals surface area (Å²) >= 11 is 0. The number of carboxylic acids is 1. The SMILES string of the molecule is C.COCCCOc1cc(C(=O)N(C(C)C)C2CN(C(=O)OC(C)(C)C)CCC2C(=O)O)ccc1OC.COCCCOc1cc(C(=O)N(C(C)C)C2CN(C(=O)OC(C)(C)C)CCC2CO)ccc1OC. The van der Waals surface area contributed by atoms with Gasteiger partial charge in [-0.2, -0.15) is 0 Å². The number of rotatable bonds is 20. The first-order valence-electron chi connectivity index (χ1n) is 24.5. The molecule has 0 bridgehead atoms. The topological polar surface area (TPSA) is 213 Å². The van der Waals surface area contributed by atoms with Gasteiger partial charge in [0.2, 0.25) is 0 Å². The summed E-state index contributed by atoms with van der Waals surface area (Å²) in [5.74, 6) is -0.599. The van der Waals surface area contributed by atoms with Gasteiger partial charge in [0.15, 0.2) is 23.0 Å². The second-order valence-corrected chi connectivity index (χ2v) is 20.2. The summed E-state index contributed by atoms with van der Waals surface area (Å²) in [4.78, 5) is 71.6. The Morgan fingerprint density at radius 3 is 1.39 bits per heavy atom. The van der Waals surface area contributed by atoms with Gasteiger partial charge in [-0.15, -0.1) is 0 Å². The van der Waals surface area contributed by atoms with Crippen molar-refractivity contribution in [3.63, 3.8) is 0 Å². The highest BCUT2D eigenvalue weighted by Crippen LogP contribution is 2.34. The second-order valence-electron chi connectivity index (χ2n) is 20.2. The molecule has 4 rings (SSSR count). The second kappa shape index (κ2) is 29.2. The van der Waals surface area contributed by atoms with Crippen LogP contribution in [0.2, 0.25) is 0 Å². The molecule has 2 saturated heterocycles. The number of hydrogen-bond acceptors (Lipinski definition) is 14. The lowest BCUT2D eigenvalue weighted by Gasteiger charge is -2.45. The van der Waals surface area contributed by atoms with Crippen molar-refractivity contribution >= 4 is 30.0 Å². The van der Waals surface area contributed by atoms with Crippen molar-refractivity contribution in [3.8, 4) is 23.0 Å². The maximum absolute atomic E-state index is 13.8. The van der Waals surface area contributed by atoms with Gasteiger partial charge in [-0.1, -0.05) is 7.43 Å². The number of ether oxygens (including phenoxy) is 8. The molecule has 0 radical (unpaired) electrons. The number of amides is 4. The number of carbonyl (C=O) groups excluding carboxylic acids is 4. The lowest BCUT2D eigenvalue weighted by molar-refractivity contribution is -0.146. The number of aliphatic hydroxyl groups excluding tert-OH is 1. The molecule has 2 aromatic carbocycles. The van der Waals surface area contributed by atoms with E-state index in [9.17, 15) is 34.2 Å². The molecule has 408 valence electrons. The van der Waals surface area contributed by atoms with Crippen molar-refractivity contribution in [2.45, 2.75) is 138 Å². The number of carbonyl (C=O) groups is 5. The average molecular weight is 1020 g/mol. The number of carboxylic acid groups (broad SMARTS) is 1. The van der Waals surface area contributed by atoms with Crippen LogP contribution >= 0.6 is 0 Å². The zero-order chi connectivity index (χ0) is 53.2. The Balaban J connectivity index is 0.000000487. The molecule has 0 aromatic heterocycles. The van der Waals surface area contributed by atoms with Crippen molar-refractivity contribution in [2.75, 3.05) is 87.7 Å². The molecule has 19 nitrogen and oxygen atoms in total. The molecule has 2 N–H and O–H groups in total. The number of aliphatic hydroxyl groups is 1. The van der Waals surface area contributed by atoms with Gasteiger partial charge in [0.1, 0.15) is 11.2 Å². The highest BCUT2D eigenvalue weighted by molar-refractivity contribution is 5.96. The quantitative estimate of drug-likeness (QED) is 0.121. The van der Waals surface area contributed by atoms with E-state index in [-0.39, 0.29) is 69.4 Å². The number of methoxy groups -OCH3 is 4. The maximum Gasteiger partial charge on any atom is 0.410 e. The third-order valence-electron chi connectivity index (χ3n) is 11.8. The van der Waals surface area contributed by atoms with Crippen LogP contribution in [-0.4, -0.2) is 183 Å². The van der Waals surface area contributed by atoms with E-state index in [4.69, 9.17) is 37.9 Å². The van der Waals surface area contributed by atoms with Crippen LogP contribution in [0, 0.1) is 11.8 Å². The van der Waals surface area contributed by atoms with Gasteiger partial charge >= 0.3 is 18.2 Å². The molecule has 0 aliphatic carbocycles. The average Bonchev–Trinajstić information content (AvgIpc) is 3.30. The third-order valence-corrected chi connectivity index (χ3v) is 11.8. The smallest absolute Gasteiger partial charge is 0.410 e. The van der Waals surface area contributed by atoms with Crippen LogP contribution in [-0.2, 0) is 23.7 Å². The van der Waals surface area contributed by atoms with Crippen molar-refractivity contribution in [3.05, 3.63) is 47.5 Å². The predicted octanol–water partition coefficient (Wildman–Crippen LogP) is 7.89. The molecule has 2 fully saturated rings. The first-order valence-corrected chi connectivity index (χ1v) is 24.5. The summed E-state index contributed by atoms with van der Waals surface area (Å²) in [5, 5.41) is 20.0. The van der Waals surface area contributed by atoms with Crippen molar-refractivity contribution in [1.29, 1.82) is 0 Å². The fourth-order valence-electron chi connectivity index (χ4n) is 8.44. The molecule has 2 aliphatic rings. The predicted molar refractivity (Wildman–Crippen MR) is 273 cm³/mol. The van der Waals surface area contributed by atoms with Crippen LogP contribution in [0.1, 0.15) is 123 Å². The van der Waals surface area contributed by atoms with Crippen LogP contribution in [0.3, 0.4) is 0 Å². The van der Waals surface area contributed by atoms with Gasteiger partial charge in [0.25, 0.3) is 11.8 Å². The Hall–Kier alpha value is -5.53. The van der Waals surface area contributed by atoms with E-state index in [1.807, 2.05) is 48.5 Å². The van der Waals surface area contributed by atoms with E-state index in [1.54, 1.807) is 93.2 Å². The molecule has 2 aromatic rings. The number of hydrogen-bond donors (Lipinski definition) is 2. The summed E-state index contributed by atoms with van der Waals surface area (Å²) in [6, 6.07) is 8.42. The first-order chi connectivity index (χ1) is 33.4. The van der Waals surface area contributed by atoms with Gasteiger partial charge < -0.3 is 67.7 Å². The molecule has 4 amide bonds. The fraction of sp³-hybridized carbons (Fsp3) is 0.679. The van der Waals surface area contributed by atoms with Gasteiger partial charge in [-0.05, 0) is 118 Å². The monoisotopic (exact) mass is 1020 g/mol. The Morgan fingerprint density at radius 2 is 1.03 bits per heavy atom. The lowest BCUT2D eigenvalue weighted by Crippen LogP contribution is -2.59. The molecule has 72 heavy (non-hydrogen) atoms. The van der Waals surface area contributed by atoms with Crippen molar-refractivity contribution in [2.24, 2.45) is 11.8 Å². The summed E-state index contributed by atoms with van der Waals surface area (Å²) in [5.41, 5.74) is -0.513. The first kappa shape index (κ1) is 62.6. The molecular weight excluding hydrogens is 933 g/mol. The normalized spacial score (nSPS) is 18.0. The van der Waals surface area contributed by atoms with Gasteiger partial charge in [0, 0.05) is 102 Å². The third kappa shape index (κ3) is 18.5. The van der Waals surface area contributed by atoms with E-state index >= 15 is 0 Å². The Morgan fingerprint density at radius 1 is 0.625 bits per heavy atom. The van der Waals surface area contributed by atoms with E-state index in [0.717, 1.165) is 0 Å².